The second kappa shape index (κ2) is 3.01. The smallest absolute Gasteiger partial charge is 0.302 e. The molecule has 0 aromatic carbocycles. The second-order valence-corrected chi connectivity index (χ2v) is 4.08. The van der Waals surface area contributed by atoms with E-state index in [1.807, 2.05) is 0 Å². The largest absolute Gasteiger partial charge is 0.362 e. The number of aromatic amines is 2. The summed E-state index contributed by atoms with van der Waals surface area (Å²) in [5.74, 6) is 0. The Hall–Kier alpha value is -1.96. The number of halogens is 1. The van der Waals surface area contributed by atoms with Gasteiger partial charge in [0.1, 0.15) is 5.52 Å². The zero-order valence-corrected chi connectivity index (χ0v) is 9.28. The summed E-state index contributed by atoms with van der Waals surface area (Å²) in [7, 11) is 0. The molecule has 7 nitrogen and oxygen atoms in total. The lowest BCUT2D eigenvalue weighted by Gasteiger charge is -1.99. The molecule has 3 heterocycles. The molecule has 0 fully saturated rings. The van der Waals surface area contributed by atoms with E-state index in [1.54, 1.807) is 12.3 Å². The highest BCUT2D eigenvalue weighted by molar-refractivity contribution is 9.10. The molecule has 3 aromatic rings. The number of aromatic nitrogens is 5. The maximum atomic E-state index is 11.5. The van der Waals surface area contributed by atoms with E-state index < -0.39 is 11.2 Å². The molecule has 0 saturated carbocycles. The van der Waals surface area contributed by atoms with Gasteiger partial charge in [-0.15, -0.1) is 0 Å². The fourth-order valence-corrected chi connectivity index (χ4v) is 1.82. The number of H-pyrrole nitrogens is 2. The van der Waals surface area contributed by atoms with E-state index >= 15 is 0 Å². The van der Waals surface area contributed by atoms with Crippen LogP contribution in [0.2, 0.25) is 0 Å². The Kier molecular flexibility index (Phi) is 1.75. The molecule has 3 rings (SSSR count). The Morgan fingerprint density at radius 2 is 2.19 bits per heavy atom. The average molecular weight is 282 g/mol. The summed E-state index contributed by atoms with van der Waals surface area (Å²) in [6, 6.07) is 1.73. The van der Waals surface area contributed by atoms with E-state index in [4.69, 9.17) is 0 Å². The normalized spacial score (nSPS) is 11.3. The Bertz CT molecular complexity index is 815. The van der Waals surface area contributed by atoms with Gasteiger partial charge in [-0.1, -0.05) is 0 Å². The molecule has 0 aliphatic carbocycles. The summed E-state index contributed by atoms with van der Waals surface area (Å²) >= 11 is 3.26. The van der Waals surface area contributed by atoms with Crippen molar-refractivity contribution in [2.24, 2.45) is 0 Å². The lowest BCUT2D eigenvalue weighted by Crippen LogP contribution is -2.12. The molecule has 80 valence electrons. The van der Waals surface area contributed by atoms with Gasteiger partial charge in [-0.2, -0.15) is 4.98 Å². The zero-order chi connectivity index (χ0) is 11.3. The zero-order valence-electron chi connectivity index (χ0n) is 7.69. The van der Waals surface area contributed by atoms with E-state index in [9.17, 15) is 9.59 Å². The third kappa shape index (κ3) is 1.20. The Balaban J connectivity index is 2.70. The quantitative estimate of drug-likeness (QED) is 0.607. The van der Waals surface area contributed by atoms with Gasteiger partial charge < -0.3 is 4.98 Å². The van der Waals surface area contributed by atoms with Gasteiger partial charge in [-0.3, -0.25) is 4.79 Å². The Morgan fingerprint density at radius 1 is 1.38 bits per heavy atom. The molecule has 0 saturated heterocycles. The van der Waals surface area contributed by atoms with Crippen LogP contribution in [0.25, 0.3) is 16.8 Å². The van der Waals surface area contributed by atoms with Crippen LogP contribution in [0.15, 0.2) is 26.3 Å². The number of rotatable bonds is 0. The van der Waals surface area contributed by atoms with Crippen LogP contribution in [0.1, 0.15) is 0 Å². The lowest BCUT2D eigenvalue weighted by atomic mass is 10.4. The molecule has 0 atom stereocenters. The van der Waals surface area contributed by atoms with Gasteiger partial charge in [0.15, 0.2) is 5.65 Å². The molecular weight excluding hydrogens is 278 g/mol. The van der Waals surface area contributed by atoms with Crippen LogP contribution in [-0.4, -0.2) is 24.6 Å². The lowest BCUT2D eigenvalue weighted by molar-refractivity contribution is 0.955. The van der Waals surface area contributed by atoms with Crippen molar-refractivity contribution in [1.29, 1.82) is 0 Å². The minimum absolute atomic E-state index is 0.0254. The van der Waals surface area contributed by atoms with Gasteiger partial charge in [-0.25, -0.2) is 19.4 Å². The molecule has 8 heteroatoms. The fourth-order valence-electron chi connectivity index (χ4n) is 1.51. The first kappa shape index (κ1) is 9.28. The predicted molar refractivity (Wildman–Crippen MR) is 59.4 cm³/mol. The first-order valence-electron chi connectivity index (χ1n) is 4.31. The van der Waals surface area contributed by atoms with Gasteiger partial charge in [0.2, 0.25) is 5.65 Å². The maximum Gasteiger partial charge on any atom is 0.362 e. The van der Waals surface area contributed by atoms with Crippen LogP contribution in [0.4, 0.5) is 0 Å². The highest BCUT2D eigenvalue weighted by atomic mass is 79.9. The first-order valence-corrected chi connectivity index (χ1v) is 5.11. The van der Waals surface area contributed by atoms with E-state index in [1.165, 1.54) is 4.52 Å². The molecule has 0 spiro atoms. The fraction of sp³-hybridized carbons (Fsp3) is 0. The molecule has 0 aliphatic heterocycles. The highest BCUT2D eigenvalue weighted by Crippen LogP contribution is 2.13. The van der Waals surface area contributed by atoms with E-state index in [0.717, 1.165) is 4.47 Å². The van der Waals surface area contributed by atoms with Crippen molar-refractivity contribution in [2.75, 3.05) is 0 Å². The van der Waals surface area contributed by atoms with Crippen LogP contribution in [0.3, 0.4) is 0 Å². The molecule has 0 amide bonds. The summed E-state index contributed by atoms with van der Waals surface area (Å²) in [5.41, 5.74) is -0.0519. The summed E-state index contributed by atoms with van der Waals surface area (Å²) in [6.45, 7) is 0. The monoisotopic (exact) mass is 281 g/mol. The minimum Gasteiger partial charge on any atom is -0.302 e. The van der Waals surface area contributed by atoms with Crippen molar-refractivity contribution in [3.05, 3.63) is 37.6 Å². The van der Waals surface area contributed by atoms with Crippen molar-refractivity contribution in [3.63, 3.8) is 0 Å². The Labute approximate surface area is 95.3 Å². The maximum absolute atomic E-state index is 11.5. The standard InChI is InChI=1S/C8H4BrN5O2/c9-3-1-4-5(10-2-3)11-7(15)6-12-8(16)13-14(4)6/h1-2H,(H,13,16)(H,10,11,15). The van der Waals surface area contributed by atoms with Gasteiger partial charge >= 0.3 is 5.69 Å². The first-order chi connectivity index (χ1) is 7.65. The van der Waals surface area contributed by atoms with Crippen LogP contribution in [0, 0.1) is 0 Å². The molecule has 0 aliphatic rings. The third-order valence-corrected chi connectivity index (χ3v) is 2.57. The summed E-state index contributed by atoms with van der Waals surface area (Å²) in [4.78, 5) is 32.8. The summed E-state index contributed by atoms with van der Waals surface area (Å²) in [6.07, 6.45) is 1.55. The molecular formula is C8H4BrN5O2. The van der Waals surface area contributed by atoms with Crippen molar-refractivity contribution in [1.82, 2.24) is 24.6 Å². The van der Waals surface area contributed by atoms with Crippen molar-refractivity contribution < 1.29 is 0 Å². The van der Waals surface area contributed by atoms with E-state index in [-0.39, 0.29) is 5.65 Å². The van der Waals surface area contributed by atoms with Crippen LogP contribution in [-0.2, 0) is 0 Å². The third-order valence-electron chi connectivity index (χ3n) is 2.14. The molecule has 0 bridgehead atoms. The van der Waals surface area contributed by atoms with Crippen molar-refractivity contribution >= 4 is 32.7 Å². The number of hydrogen-bond donors (Lipinski definition) is 2. The van der Waals surface area contributed by atoms with Gasteiger partial charge in [-0.05, 0) is 22.0 Å². The number of pyridine rings is 1. The topological polar surface area (TPSA) is 95.9 Å². The SMILES string of the molecule is O=c1nc2c(=O)[nH]c3ncc(Br)cc3n2[nH]1. The molecule has 3 aromatic heterocycles. The summed E-state index contributed by atoms with van der Waals surface area (Å²) < 4.78 is 2.05. The molecule has 16 heavy (non-hydrogen) atoms. The van der Waals surface area contributed by atoms with Crippen LogP contribution in [0.5, 0.6) is 0 Å². The minimum atomic E-state index is -0.571. The van der Waals surface area contributed by atoms with Crippen molar-refractivity contribution in [3.8, 4) is 0 Å². The predicted octanol–water partition coefficient (Wildman–Crippen LogP) is 0.0216. The van der Waals surface area contributed by atoms with E-state index in [2.05, 4.69) is 36.0 Å². The molecule has 0 unspecified atom stereocenters. The molecule has 2 N–H and O–H groups in total. The number of nitrogens with one attached hydrogen (secondary N) is 2. The number of nitrogens with zero attached hydrogens (tertiary/aromatic N) is 3. The summed E-state index contributed by atoms with van der Waals surface area (Å²) in [5, 5.41) is 2.44. The highest BCUT2D eigenvalue weighted by Gasteiger charge is 2.08. The van der Waals surface area contributed by atoms with Crippen LogP contribution >= 0.6 is 15.9 Å². The van der Waals surface area contributed by atoms with Gasteiger partial charge in [0.05, 0.1) is 0 Å². The van der Waals surface area contributed by atoms with Crippen LogP contribution < -0.4 is 11.2 Å². The number of fused-ring (bicyclic) bond motifs is 3. The van der Waals surface area contributed by atoms with E-state index in [0.29, 0.717) is 11.2 Å². The Morgan fingerprint density at radius 3 is 3.00 bits per heavy atom. The molecule has 0 radical (unpaired) electrons. The van der Waals surface area contributed by atoms with Crippen molar-refractivity contribution in [2.45, 2.75) is 0 Å². The van der Waals surface area contributed by atoms with Gasteiger partial charge in [0, 0.05) is 10.7 Å². The second-order valence-electron chi connectivity index (χ2n) is 3.16. The van der Waals surface area contributed by atoms with Gasteiger partial charge in [0.25, 0.3) is 5.56 Å². The average Bonchev–Trinajstić information content (AvgIpc) is 2.62. The number of hydrogen-bond acceptors (Lipinski definition) is 4.